The molecule has 0 amide bonds. The number of hydrogen-bond acceptors (Lipinski definition) is 5. The van der Waals surface area contributed by atoms with Crippen molar-refractivity contribution in [3.63, 3.8) is 0 Å². The molecule has 1 unspecified atom stereocenters. The highest BCUT2D eigenvalue weighted by atomic mass is 15.3. The largest absolute Gasteiger partial charge is 0.354 e. The minimum atomic E-state index is 0.718. The van der Waals surface area contributed by atoms with Crippen LogP contribution in [0.3, 0.4) is 0 Å². The first-order chi connectivity index (χ1) is 9.76. The fourth-order valence-corrected chi connectivity index (χ4v) is 3.32. The van der Waals surface area contributed by atoms with Gasteiger partial charge in [0, 0.05) is 44.0 Å². The molecule has 2 saturated heterocycles. The Kier molecular flexibility index (Phi) is 4.05. The molecule has 20 heavy (non-hydrogen) atoms. The van der Waals surface area contributed by atoms with Crippen molar-refractivity contribution in [3.05, 3.63) is 11.8 Å². The van der Waals surface area contributed by atoms with Crippen molar-refractivity contribution < 1.29 is 0 Å². The summed E-state index contributed by atoms with van der Waals surface area (Å²) in [6.07, 6.45) is 4.08. The van der Waals surface area contributed by atoms with Gasteiger partial charge in [0.2, 0.25) is 5.95 Å². The zero-order chi connectivity index (χ0) is 13.9. The average Bonchev–Trinajstić information content (AvgIpc) is 2.46. The third-order valence-electron chi connectivity index (χ3n) is 4.34. The molecule has 2 fully saturated rings. The van der Waals surface area contributed by atoms with Gasteiger partial charge in [-0.1, -0.05) is 6.42 Å². The molecule has 0 saturated carbocycles. The van der Waals surface area contributed by atoms with Crippen LogP contribution < -0.4 is 10.2 Å². The first-order valence-corrected chi connectivity index (χ1v) is 7.85. The van der Waals surface area contributed by atoms with Crippen LogP contribution in [-0.4, -0.2) is 53.6 Å². The molecule has 110 valence electrons. The Bertz CT molecular complexity index is 462. The Labute approximate surface area is 121 Å². The maximum Gasteiger partial charge on any atom is 0.224 e. The van der Waals surface area contributed by atoms with Crippen molar-refractivity contribution in [2.75, 3.05) is 42.9 Å². The first kappa shape index (κ1) is 13.6. The third kappa shape index (κ3) is 2.87. The van der Waals surface area contributed by atoms with Gasteiger partial charge in [-0.25, -0.2) is 4.98 Å². The van der Waals surface area contributed by atoms with E-state index >= 15 is 0 Å². The summed E-state index contributed by atoms with van der Waals surface area (Å²) in [5, 5.41) is 3.22. The molecular formula is C15H25N5. The topological polar surface area (TPSA) is 44.3 Å². The smallest absolute Gasteiger partial charge is 0.224 e. The van der Waals surface area contributed by atoms with Gasteiger partial charge in [0.25, 0.3) is 0 Å². The van der Waals surface area contributed by atoms with Gasteiger partial charge in [-0.15, -0.1) is 0 Å². The van der Waals surface area contributed by atoms with Crippen LogP contribution in [-0.2, 0) is 0 Å². The Morgan fingerprint density at radius 1 is 1.25 bits per heavy atom. The SMILES string of the molecule is CCNc1nc(C)cc(N2CCN3CCCCC3C2)n1. The van der Waals surface area contributed by atoms with Crippen molar-refractivity contribution in [2.45, 2.75) is 39.2 Å². The molecule has 1 aromatic rings. The third-order valence-corrected chi connectivity index (χ3v) is 4.34. The molecule has 5 heteroatoms. The summed E-state index contributed by atoms with van der Waals surface area (Å²) >= 11 is 0. The normalized spacial score (nSPS) is 23.5. The minimum absolute atomic E-state index is 0.718. The van der Waals surface area contributed by atoms with Gasteiger partial charge in [-0.3, -0.25) is 4.90 Å². The number of fused-ring (bicyclic) bond motifs is 1. The quantitative estimate of drug-likeness (QED) is 0.912. The van der Waals surface area contributed by atoms with Gasteiger partial charge < -0.3 is 10.2 Å². The van der Waals surface area contributed by atoms with E-state index < -0.39 is 0 Å². The standard InChI is InChI=1S/C15H25N5/c1-3-16-15-17-12(2)10-14(18-15)20-9-8-19-7-5-4-6-13(19)11-20/h10,13H,3-9,11H2,1-2H3,(H,16,17,18). The van der Waals surface area contributed by atoms with Gasteiger partial charge in [-0.05, 0) is 33.2 Å². The number of piperazine rings is 1. The van der Waals surface area contributed by atoms with Crippen molar-refractivity contribution >= 4 is 11.8 Å². The van der Waals surface area contributed by atoms with Crippen LogP contribution in [0.2, 0.25) is 0 Å². The predicted octanol–water partition coefficient (Wildman–Crippen LogP) is 1.89. The number of aryl methyl sites for hydroxylation is 1. The van der Waals surface area contributed by atoms with E-state index in [0.717, 1.165) is 43.1 Å². The lowest BCUT2D eigenvalue weighted by Gasteiger charge is -2.44. The molecule has 0 aliphatic carbocycles. The number of nitrogens with one attached hydrogen (secondary N) is 1. The zero-order valence-electron chi connectivity index (χ0n) is 12.6. The summed E-state index contributed by atoms with van der Waals surface area (Å²) in [6, 6.07) is 2.83. The van der Waals surface area contributed by atoms with Gasteiger partial charge in [0.15, 0.2) is 0 Å². The van der Waals surface area contributed by atoms with E-state index in [-0.39, 0.29) is 0 Å². The molecular weight excluding hydrogens is 250 g/mol. The molecule has 0 bridgehead atoms. The summed E-state index contributed by atoms with van der Waals surface area (Å²) in [4.78, 5) is 14.2. The minimum Gasteiger partial charge on any atom is -0.354 e. The number of piperidine rings is 1. The molecule has 2 aliphatic rings. The second-order valence-corrected chi connectivity index (χ2v) is 5.85. The molecule has 1 N–H and O–H groups in total. The van der Waals surface area contributed by atoms with Crippen LogP contribution in [0, 0.1) is 6.92 Å². The molecule has 0 aromatic carbocycles. The lowest BCUT2D eigenvalue weighted by Crippen LogP contribution is -2.55. The van der Waals surface area contributed by atoms with Crippen molar-refractivity contribution in [1.82, 2.24) is 14.9 Å². The second-order valence-electron chi connectivity index (χ2n) is 5.85. The number of hydrogen-bond donors (Lipinski definition) is 1. The van der Waals surface area contributed by atoms with Gasteiger partial charge >= 0.3 is 0 Å². The van der Waals surface area contributed by atoms with Crippen molar-refractivity contribution in [3.8, 4) is 0 Å². The van der Waals surface area contributed by atoms with E-state index in [1.807, 2.05) is 6.92 Å². The maximum atomic E-state index is 4.67. The summed E-state index contributed by atoms with van der Waals surface area (Å²) in [7, 11) is 0. The van der Waals surface area contributed by atoms with E-state index in [1.54, 1.807) is 0 Å². The number of rotatable bonds is 3. The summed E-state index contributed by atoms with van der Waals surface area (Å²) in [6.45, 7) is 9.63. The van der Waals surface area contributed by atoms with Crippen LogP contribution in [0.25, 0.3) is 0 Å². The molecule has 3 rings (SSSR count). The summed E-state index contributed by atoms with van der Waals surface area (Å²) in [5.74, 6) is 1.84. The molecule has 0 spiro atoms. The predicted molar refractivity (Wildman–Crippen MR) is 82.4 cm³/mol. The Morgan fingerprint density at radius 2 is 2.15 bits per heavy atom. The highest BCUT2D eigenvalue weighted by Gasteiger charge is 2.29. The van der Waals surface area contributed by atoms with Crippen LogP contribution >= 0.6 is 0 Å². The van der Waals surface area contributed by atoms with Gasteiger partial charge in [0.1, 0.15) is 5.82 Å². The van der Waals surface area contributed by atoms with Crippen LogP contribution in [0.5, 0.6) is 0 Å². The van der Waals surface area contributed by atoms with Crippen LogP contribution in [0.1, 0.15) is 31.9 Å². The number of anilines is 2. The highest BCUT2D eigenvalue weighted by molar-refractivity contribution is 5.45. The van der Waals surface area contributed by atoms with Crippen LogP contribution in [0.15, 0.2) is 6.07 Å². The van der Waals surface area contributed by atoms with E-state index in [1.165, 1.54) is 32.4 Å². The van der Waals surface area contributed by atoms with Gasteiger partial charge in [0.05, 0.1) is 0 Å². The van der Waals surface area contributed by atoms with Crippen molar-refractivity contribution in [2.24, 2.45) is 0 Å². The molecule has 1 aromatic heterocycles. The molecule has 1 atom stereocenters. The second kappa shape index (κ2) is 5.95. The fraction of sp³-hybridized carbons (Fsp3) is 0.733. The molecule has 5 nitrogen and oxygen atoms in total. The summed E-state index contributed by atoms with van der Waals surface area (Å²) in [5.41, 5.74) is 1.04. The molecule has 2 aliphatic heterocycles. The number of aromatic nitrogens is 2. The monoisotopic (exact) mass is 275 g/mol. The zero-order valence-corrected chi connectivity index (χ0v) is 12.6. The number of nitrogens with zero attached hydrogens (tertiary/aromatic N) is 4. The lowest BCUT2D eigenvalue weighted by atomic mass is 9.99. The van der Waals surface area contributed by atoms with E-state index in [9.17, 15) is 0 Å². The Morgan fingerprint density at radius 3 is 3.00 bits per heavy atom. The summed E-state index contributed by atoms with van der Waals surface area (Å²) < 4.78 is 0. The lowest BCUT2D eigenvalue weighted by molar-refractivity contribution is 0.133. The van der Waals surface area contributed by atoms with E-state index in [2.05, 4.69) is 38.1 Å². The molecule has 3 heterocycles. The van der Waals surface area contributed by atoms with E-state index in [4.69, 9.17) is 0 Å². The first-order valence-electron chi connectivity index (χ1n) is 7.85. The highest BCUT2D eigenvalue weighted by Crippen LogP contribution is 2.24. The Hall–Kier alpha value is -1.36. The fourth-order valence-electron chi connectivity index (χ4n) is 3.32. The van der Waals surface area contributed by atoms with Gasteiger partial charge in [-0.2, -0.15) is 4.98 Å². The average molecular weight is 275 g/mol. The molecule has 0 radical (unpaired) electrons. The van der Waals surface area contributed by atoms with Crippen molar-refractivity contribution in [1.29, 1.82) is 0 Å². The Balaban J connectivity index is 1.75. The van der Waals surface area contributed by atoms with E-state index in [0.29, 0.717) is 0 Å². The maximum absolute atomic E-state index is 4.67. The van der Waals surface area contributed by atoms with Crippen LogP contribution in [0.4, 0.5) is 11.8 Å².